The van der Waals surface area contributed by atoms with Crippen molar-refractivity contribution in [2.45, 2.75) is 31.6 Å². The van der Waals surface area contributed by atoms with Gasteiger partial charge in [-0.1, -0.05) is 12.1 Å². The standard InChI is InChI=1S/C23H19F3N6O2/c24-23(25,26)19-5-2-8-32(19)20(33)12-31-11-13-3-1-4-17(21(13)22(31)34)28-14-6-7-16-15(9-14)18(10-27)30-29-16/h1,3-4,6-7,9,19,28H,2,5,8,11-12H2,(H,29,30). The van der Waals surface area contributed by atoms with Crippen molar-refractivity contribution in [3.8, 4) is 6.07 Å². The average Bonchev–Trinajstić information content (AvgIpc) is 3.51. The molecule has 174 valence electrons. The van der Waals surface area contributed by atoms with Gasteiger partial charge in [-0.15, -0.1) is 0 Å². The number of aromatic nitrogens is 2. The number of aromatic amines is 1. The van der Waals surface area contributed by atoms with Crippen LogP contribution in [0.15, 0.2) is 36.4 Å². The fraction of sp³-hybridized carbons (Fsp3) is 0.304. The van der Waals surface area contributed by atoms with Crippen LogP contribution in [0.4, 0.5) is 24.5 Å². The zero-order valence-electron chi connectivity index (χ0n) is 17.8. The molecule has 8 nitrogen and oxygen atoms in total. The number of nitrogens with one attached hydrogen (secondary N) is 2. The zero-order valence-corrected chi connectivity index (χ0v) is 17.8. The van der Waals surface area contributed by atoms with Gasteiger partial charge in [-0.3, -0.25) is 14.7 Å². The average molecular weight is 468 g/mol. The Kier molecular flexibility index (Phi) is 5.16. The number of benzene rings is 2. The Balaban J connectivity index is 1.36. The van der Waals surface area contributed by atoms with E-state index in [1.807, 2.05) is 6.07 Å². The first kappa shape index (κ1) is 21.8. The summed E-state index contributed by atoms with van der Waals surface area (Å²) in [6.45, 7) is -0.239. The van der Waals surface area contributed by atoms with Crippen molar-refractivity contribution in [3.63, 3.8) is 0 Å². The maximum Gasteiger partial charge on any atom is 0.408 e. The highest BCUT2D eigenvalue weighted by Crippen LogP contribution is 2.35. The Morgan fingerprint density at radius 1 is 1.29 bits per heavy atom. The van der Waals surface area contributed by atoms with Gasteiger partial charge < -0.3 is 15.1 Å². The molecule has 34 heavy (non-hydrogen) atoms. The molecule has 2 aromatic carbocycles. The summed E-state index contributed by atoms with van der Waals surface area (Å²) >= 11 is 0. The summed E-state index contributed by atoms with van der Waals surface area (Å²) in [5.74, 6) is -1.12. The first-order chi connectivity index (χ1) is 16.3. The molecule has 1 saturated heterocycles. The predicted molar refractivity (Wildman–Crippen MR) is 116 cm³/mol. The van der Waals surface area contributed by atoms with Gasteiger partial charge in [0.1, 0.15) is 18.7 Å². The Morgan fingerprint density at radius 2 is 2.12 bits per heavy atom. The Bertz CT molecular complexity index is 1340. The molecule has 11 heteroatoms. The molecule has 0 saturated carbocycles. The lowest BCUT2D eigenvalue weighted by Crippen LogP contribution is -2.48. The molecule has 1 atom stereocenters. The number of rotatable bonds is 4. The van der Waals surface area contributed by atoms with Gasteiger partial charge in [-0.05, 0) is 42.7 Å². The van der Waals surface area contributed by atoms with Gasteiger partial charge in [0.15, 0.2) is 5.69 Å². The minimum Gasteiger partial charge on any atom is -0.355 e. The lowest BCUT2D eigenvalue weighted by Gasteiger charge is -2.28. The summed E-state index contributed by atoms with van der Waals surface area (Å²) in [5.41, 5.74) is 3.13. The summed E-state index contributed by atoms with van der Waals surface area (Å²) in [6, 6.07) is 10.7. The molecule has 2 amide bonds. The van der Waals surface area contributed by atoms with E-state index in [0.29, 0.717) is 33.4 Å². The van der Waals surface area contributed by atoms with E-state index in [1.165, 1.54) is 4.90 Å². The van der Waals surface area contributed by atoms with Crippen molar-refractivity contribution < 1.29 is 22.8 Å². The van der Waals surface area contributed by atoms with Crippen molar-refractivity contribution >= 4 is 34.1 Å². The van der Waals surface area contributed by atoms with Crippen LogP contribution in [0.2, 0.25) is 0 Å². The minimum absolute atomic E-state index is 0.0337. The molecule has 1 aromatic heterocycles. The highest BCUT2D eigenvalue weighted by molar-refractivity contribution is 6.05. The van der Waals surface area contributed by atoms with E-state index in [4.69, 9.17) is 0 Å². The molecule has 0 spiro atoms. The number of H-pyrrole nitrogens is 1. The molecular weight excluding hydrogens is 449 g/mol. The van der Waals surface area contributed by atoms with Crippen molar-refractivity contribution in [2.24, 2.45) is 0 Å². The van der Waals surface area contributed by atoms with Crippen LogP contribution in [-0.2, 0) is 11.3 Å². The lowest BCUT2D eigenvalue weighted by molar-refractivity contribution is -0.182. The summed E-state index contributed by atoms with van der Waals surface area (Å²) in [6.07, 6.45) is -4.32. The number of hydrogen-bond donors (Lipinski definition) is 2. The number of halogens is 3. The smallest absolute Gasteiger partial charge is 0.355 e. The van der Waals surface area contributed by atoms with Crippen molar-refractivity contribution in [2.75, 3.05) is 18.4 Å². The van der Waals surface area contributed by atoms with E-state index in [-0.39, 0.29) is 31.6 Å². The number of carbonyl (C=O) groups excluding carboxylic acids is 2. The monoisotopic (exact) mass is 468 g/mol. The Hall–Kier alpha value is -4.07. The number of anilines is 2. The van der Waals surface area contributed by atoms with E-state index in [9.17, 15) is 28.0 Å². The second-order valence-corrected chi connectivity index (χ2v) is 8.36. The van der Waals surface area contributed by atoms with Crippen LogP contribution >= 0.6 is 0 Å². The number of nitriles is 1. The van der Waals surface area contributed by atoms with E-state index < -0.39 is 30.6 Å². The highest BCUT2D eigenvalue weighted by atomic mass is 19.4. The summed E-state index contributed by atoms with van der Waals surface area (Å²) in [4.78, 5) is 27.9. The first-order valence-corrected chi connectivity index (χ1v) is 10.7. The number of fused-ring (bicyclic) bond motifs is 2. The van der Waals surface area contributed by atoms with Crippen LogP contribution in [0.3, 0.4) is 0 Å². The van der Waals surface area contributed by atoms with E-state index in [2.05, 4.69) is 15.5 Å². The van der Waals surface area contributed by atoms with Crippen LogP contribution in [-0.4, -0.2) is 57.1 Å². The predicted octanol–water partition coefficient (Wildman–Crippen LogP) is 3.69. The van der Waals surface area contributed by atoms with Gasteiger partial charge in [-0.25, -0.2) is 0 Å². The van der Waals surface area contributed by atoms with Gasteiger partial charge in [0.2, 0.25) is 5.91 Å². The number of carbonyl (C=O) groups is 2. The van der Waals surface area contributed by atoms with Crippen molar-refractivity contribution in [3.05, 3.63) is 53.2 Å². The number of amides is 2. The SMILES string of the molecule is N#Cc1n[nH]c2ccc(Nc3cccc4c3C(=O)N(CC(=O)N3CCCC3C(F)(F)F)C4)cc12. The summed E-state index contributed by atoms with van der Waals surface area (Å²) < 4.78 is 39.8. The van der Waals surface area contributed by atoms with Crippen LogP contribution in [0.5, 0.6) is 0 Å². The minimum atomic E-state index is -4.48. The van der Waals surface area contributed by atoms with Crippen molar-refractivity contribution in [1.82, 2.24) is 20.0 Å². The number of nitrogens with zero attached hydrogens (tertiary/aromatic N) is 4. The van der Waals surface area contributed by atoms with Gasteiger partial charge in [-0.2, -0.15) is 23.5 Å². The molecule has 1 fully saturated rings. The third kappa shape index (κ3) is 3.71. The van der Waals surface area contributed by atoms with Gasteiger partial charge in [0, 0.05) is 24.2 Å². The molecule has 0 aliphatic carbocycles. The number of alkyl halides is 3. The number of hydrogen-bond acceptors (Lipinski definition) is 5. The second kappa shape index (κ2) is 8.06. The van der Waals surface area contributed by atoms with Crippen LogP contribution in [0.1, 0.15) is 34.5 Å². The summed E-state index contributed by atoms with van der Waals surface area (Å²) in [5, 5.41) is 19.7. The normalized spacial score (nSPS) is 17.8. The Morgan fingerprint density at radius 3 is 2.88 bits per heavy atom. The number of likely N-dealkylation sites (tertiary alicyclic amines) is 1. The maximum atomic E-state index is 13.3. The molecular formula is C23H19F3N6O2. The molecule has 1 unspecified atom stereocenters. The molecule has 2 aliphatic heterocycles. The van der Waals surface area contributed by atoms with Crippen LogP contribution in [0.25, 0.3) is 10.9 Å². The van der Waals surface area contributed by atoms with Gasteiger partial charge >= 0.3 is 6.18 Å². The van der Waals surface area contributed by atoms with E-state index in [0.717, 1.165) is 4.90 Å². The van der Waals surface area contributed by atoms with E-state index in [1.54, 1.807) is 36.4 Å². The molecule has 2 aliphatic rings. The molecule has 3 aromatic rings. The van der Waals surface area contributed by atoms with Crippen LogP contribution < -0.4 is 5.32 Å². The zero-order chi connectivity index (χ0) is 24.0. The highest BCUT2D eigenvalue weighted by Gasteiger charge is 2.48. The molecule has 3 heterocycles. The molecule has 2 N–H and O–H groups in total. The summed E-state index contributed by atoms with van der Waals surface area (Å²) in [7, 11) is 0. The lowest BCUT2D eigenvalue weighted by atomic mass is 10.1. The van der Waals surface area contributed by atoms with Crippen LogP contribution in [0, 0.1) is 11.3 Å². The topological polar surface area (TPSA) is 105 Å². The second-order valence-electron chi connectivity index (χ2n) is 8.36. The molecule has 5 rings (SSSR count). The third-order valence-corrected chi connectivity index (χ3v) is 6.24. The quantitative estimate of drug-likeness (QED) is 0.608. The Labute approximate surface area is 191 Å². The van der Waals surface area contributed by atoms with E-state index >= 15 is 0 Å². The van der Waals surface area contributed by atoms with Crippen molar-refractivity contribution in [1.29, 1.82) is 5.26 Å². The fourth-order valence-corrected chi connectivity index (χ4v) is 4.64. The van der Waals surface area contributed by atoms with Gasteiger partial charge in [0.25, 0.3) is 5.91 Å². The molecule has 0 radical (unpaired) electrons. The third-order valence-electron chi connectivity index (χ3n) is 6.24. The molecule has 0 bridgehead atoms. The fourth-order valence-electron chi connectivity index (χ4n) is 4.64. The first-order valence-electron chi connectivity index (χ1n) is 10.7. The maximum absolute atomic E-state index is 13.3. The van der Waals surface area contributed by atoms with Gasteiger partial charge in [0.05, 0.1) is 16.8 Å². The largest absolute Gasteiger partial charge is 0.408 e.